The van der Waals surface area contributed by atoms with Crippen molar-refractivity contribution in [3.05, 3.63) is 52.8 Å². The normalized spacial score (nSPS) is 13.3. The number of pyridine rings is 1. The summed E-state index contributed by atoms with van der Waals surface area (Å²) in [6.45, 7) is 0. The molecule has 2 amide bonds. The Balaban J connectivity index is 1.79. The van der Waals surface area contributed by atoms with Crippen LogP contribution in [0.25, 0.3) is 0 Å². The van der Waals surface area contributed by atoms with Crippen molar-refractivity contribution in [2.45, 2.75) is 12.8 Å². The Bertz CT molecular complexity index is 731. The molecule has 1 aliphatic heterocycles. The molecule has 3 rings (SSSR count). The number of benzene rings is 1. The molecule has 106 valence electrons. The predicted octanol–water partition coefficient (Wildman–Crippen LogP) is 2.87. The van der Waals surface area contributed by atoms with Gasteiger partial charge in [0, 0.05) is 29.6 Å². The quantitative estimate of drug-likeness (QED) is 0.838. The van der Waals surface area contributed by atoms with Gasteiger partial charge in [0.1, 0.15) is 5.15 Å². The largest absolute Gasteiger partial charge is 0.326 e. The molecule has 1 aromatic carbocycles. The van der Waals surface area contributed by atoms with Crippen LogP contribution in [0.15, 0.2) is 36.5 Å². The third kappa shape index (κ3) is 3.03. The summed E-state index contributed by atoms with van der Waals surface area (Å²) in [5, 5.41) is 5.88. The minimum Gasteiger partial charge on any atom is -0.326 e. The van der Waals surface area contributed by atoms with Crippen LogP contribution in [-0.4, -0.2) is 16.8 Å². The van der Waals surface area contributed by atoms with Crippen molar-refractivity contribution in [1.29, 1.82) is 0 Å². The molecule has 0 atom stereocenters. The van der Waals surface area contributed by atoms with Gasteiger partial charge in [0.25, 0.3) is 5.91 Å². The van der Waals surface area contributed by atoms with Crippen LogP contribution < -0.4 is 10.6 Å². The Kier molecular flexibility index (Phi) is 3.58. The molecule has 0 saturated heterocycles. The van der Waals surface area contributed by atoms with E-state index in [1.54, 1.807) is 18.2 Å². The fraction of sp³-hybridized carbons (Fsp3) is 0.133. The van der Waals surface area contributed by atoms with Crippen LogP contribution >= 0.6 is 11.6 Å². The van der Waals surface area contributed by atoms with Crippen LogP contribution in [0.2, 0.25) is 5.15 Å². The first-order valence-corrected chi connectivity index (χ1v) is 6.85. The van der Waals surface area contributed by atoms with Crippen LogP contribution in [0.3, 0.4) is 0 Å². The summed E-state index contributed by atoms with van der Waals surface area (Å²) in [6.07, 6.45) is 2.62. The topological polar surface area (TPSA) is 71.1 Å². The number of fused-ring (bicyclic) bond motifs is 1. The van der Waals surface area contributed by atoms with Crippen molar-refractivity contribution in [2.75, 3.05) is 10.6 Å². The summed E-state index contributed by atoms with van der Waals surface area (Å²) in [4.78, 5) is 27.3. The van der Waals surface area contributed by atoms with E-state index in [0.717, 1.165) is 11.3 Å². The Labute approximate surface area is 126 Å². The number of aryl methyl sites for hydroxylation is 1. The van der Waals surface area contributed by atoms with Gasteiger partial charge in [-0.2, -0.15) is 0 Å². The van der Waals surface area contributed by atoms with Gasteiger partial charge in [-0.05, 0) is 42.3 Å². The van der Waals surface area contributed by atoms with Gasteiger partial charge in [0.05, 0.1) is 0 Å². The van der Waals surface area contributed by atoms with E-state index >= 15 is 0 Å². The standard InChI is InChI=1S/C15H12ClN3O2/c16-13-8-10(5-6-17-13)15(21)18-11-2-3-12-9(7-11)1-4-14(20)19-12/h2-3,5-8H,1,4H2,(H,18,21)(H,19,20). The third-order valence-electron chi connectivity index (χ3n) is 3.25. The number of halogens is 1. The minimum absolute atomic E-state index is 0.0192. The molecular formula is C15H12ClN3O2. The van der Waals surface area contributed by atoms with Gasteiger partial charge in [-0.25, -0.2) is 4.98 Å². The lowest BCUT2D eigenvalue weighted by molar-refractivity contribution is -0.116. The number of aromatic nitrogens is 1. The second-order valence-electron chi connectivity index (χ2n) is 4.74. The maximum Gasteiger partial charge on any atom is 0.255 e. The predicted molar refractivity (Wildman–Crippen MR) is 80.6 cm³/mol. The first kappa shape index (κ1) is 13.6. The lowest BCUT2D eigenvalue weighted by atomic mass is 10.0. The highest BCUT2D eigenvalue weighted by Crippen LogP contribution is 2.26. The number of hydrogen-bond acceptors (Lipinski definition) is 3. The Morgan fingerprint density at radius 1 is 1.24 bits per heavy atom. The summed E-state index contributed by atoms with van der Waals surface area (Å²) in [5.41, 5.74) is 2.94. The van der Waals surface area contributed by atoms with Crippen molar-refractivity contribution in [3.63, 3.8) is 0 Å². The molecule has 0 radical (unpaired) electrons. The van der Waals surface area contributed by atoms with Crippen LogP contribution in [-0.2, 0) is 11.2 Å². The zero-order chi connectivity index (χ0) is 14.8. The average molecular weight is 302 g/mol. The van der Waals surface area contributed by atoms with E-state index in [1.807, 2.05) is 6.07 Å². The Hall–Kier alpha value is -2.40. The maximum atomic E-state index is 12.1. The van der Waals surface area contributed by atoms with Crippen molar-refractivity contribution >= 4 is 34.8 Å². The zero-order valence-electron chi connectivity index (χ0n) is 11.0. The Morgan fingerprint density at radius 2 is 2.10 bits per heavy atom. The van der Waals surface area contributed by atoms with Crippen molar-refractivity contribution in [1.82, 2.24) is 4.98 Å². The SMILES string of the molecule is O=C1CCc2cc(NC(=O)c3ccnc(Cl)c3)ccc2N1. The monoisotopic (exact) mass is 301 g/mol. The molecule has 0 aliphatic carbocycles. The number of nitrogens with zero attached hydrogens (tertiary/aromatic N) is 1. The van der Waals surface area contributed by atoms with Crippen LogP contribution in [0.5, 0.6) is 0 Å². The number of nitrogens with one attached hydrogen (secondary N) is 2. The molecule has 5 nitrogen and oxygen atoms in total. The van der Waals surface area contributed by atoms with E-state index in [4.69, 9.17) is 11.6 Å². The van der Waals surface area contributed by atoms with Gasteiger partial charge in [-0.3, -0.25) is 9.59 Å². The van der Waals surface area contributed by atoms with Gasteiger partial charge in [0.15, 0.2) is 0 Å². The van der Waals surface area contributed by atoms with Gasteiger partial charge in [-0.15, -0.1) is 0 Å². The van der Waals surface area contributed by atoms with E-state index < -0.39 is 0 Å². The third-order valence-corrected chi connectivity index (χ3v) is 3.45. The number of rotatable bonds is 2. The zero-order valence-corrected chi connectivity index (χ0v) is 11.8. The number of carbonyl (C=O) groups is 2. The van der Waals surface area contributed by atoms with Gasteiger partial charge in [0.2, 0.25) is 5.91 Å². The molecule has 0 fully saturated rings. The van der Waals surface area contributed by atoms with E-state index in [1.165, 1.54) is 12.3 Å². The molecule has 0 bridgehead atoms. The molecule has 0 unspecified atom stereocenters. The molecule has 0 saturated carbocycles. The lowest BCUT2D eigenvalue weighted by Crippen LogP contribution is -2.19. The van der Waals surface area contributed by atoms with Crippen LogP contribution in [0, 0.1) is 0 Å². The molecule has 0 spiro atoms. The van der Waals surface area contributed by atoms with E-state index in [2.05, 4.69) is 15.6 Å². The number of amides is 2. The second-order valence-corrected chi connectivity index (χ2v) is 5.13. The molecular weight excluding hydrogens is 290 g/mol. The fourth-order valence-corrected chi connectivity index (χ4v) is 2.38. The Morgan fingerprint density at radius 3 is 2.90 bits per heavy atom. The summed E-state index contributed by atoms with van der Waals surface area (Å²) in [6, 6.07) is 8.53. The van der Waals surface area contributed by atoms with Gasteiger partial charge < -0.3 is 10.6 Å². The van der Waals surface area contributed by atoms with Crippen molar-refractivity contribution in [2.24, 2.45) is 0 Å². The molecule has 2 heterocycles. The summed E-state index contributed by atoms with van der Waals surface area (Å²) in [5.74, 6) is -0.232. The van der Waals surface area contributed by atoms with Gasteiger partial charge >= 0.3 is 0 Å². The first-order valence-electron chi connectivity index (χ1n) is 6.47. The number of anilines is 2. The van der Waals surface area contributed by atoms with E-state index in [0.29, 0.717) is 24.1 Å². The average Bonchev–Trinajstić information content (AvgIpc) is 2.47. The number of carbonyl (C=O) groups excluding carboxylic acids is 2. The highest BCUT2D eigenvalue weighted by Gasteiger charge is 2.15. The molecule has 1 aromatic heterocycles. The molecule has 2 N–H and O–H groups in total. The van der Waals surface area contributed by atoms with Crippen molar-refractivity contribution < 1.29 is 9.59 Å². The first-order chi connectivity index (χ1) is 10.1. The van der Waals surface area contributed by atoms with Gasteiger partial charge in [-0.1, -0.05) is 11.6 Å². The summed E-state index contributed by atoms with van der Waals surface area (Å²) in [7, 11) is 0. The second kappa shape index (κ2) is 5.54. The molecule has 2 aromatic rings. The van der Waals surface area contributed by atoms with Crippen LogP contribution in [0.4, 0.5) is 11.4 Å². The van der Waals surface area contributed by atoms with E-state index in [-0.39, 0.29) is 17.0 Å². The highest BCUT2D eigenvalue weighted by atomic mass is 35.5. The lowest BCUT2D eigenvalue weighted by Gasteiger charge is -2.17. The van der Waals surface area contributed by atoms with Crippen molar-refractivity contribution in [3.8, 4) is 0 Å². The maximum absolute atomic E-state index is 12.1. The molecule has 21 heavy (non-hydrogen) atoms. The van der Waals surface area contributed by atoms with E-state index in [9.17, 15) is 9.59 Å². The minimum atomic E-state index is -0.251. The number of hydrogen-bond donors (Lipinski definition) is 2. The molecule has 1 aliphatic rings. The highest BCUT2D eigenvalue weighted by molar-refractivity contribution is 6.29. The summed E-state index contributed by atoms with van der Waals surface area (Å²) < 4.78 is 0. The molecule has 6 heteroatoms. The summed E-state index contributed by atoms with van der Waals surface area (Å²) >= 11 is 5.77. The van der Waals surface area contributed by atoms with Crippen LogP contribution in [0.1, 0.15) is 22.3 Å². The smallest absolute Gasteiger partial charge is 0.255 e. The fourth-order valence-electron chi connectivity index (χ4n) is 2.21.